The summed E-state index contributed by atoms with van der Waals surface area (Å²) in [6.07, 6.45) is 6.55. The minimum absolute atomic E-state index is 0.157. The maximum atomic E-state index is 12.6. The molecule has 1 aromatic carbocycles. The van der Waals surface area contributed by atoms with E-state index in [1.54, 1.807) is 11.3 Å². The third-order valence-electron chi connectivity index (χ3n) is 4.54. The average molecular weight is 327 g/mol. The van der Waals surface area contributed by atoms with E-state index in [1.165, 1.54) is 24.1 Å². The van der Waals surface area contributed by atoms with Gasteiger partial charge in [0.25, 0.3) is 0 Å². The second-order valence-electron chi connectivity index (χ2n) is 6.14. The van der Waals surface area contributed by atoms with E-state index in [0.29, 0.717) is 23.6 Å². The molecule has 0 aliphatic heterocycles. The predicted octanol–water partition coefficient (Wildman–Crippen LogP) is 5.40. The lowest BCUT2D eigenvalue weighted by molar-refractivity contribution is 0.105. The fourth-order valence-corrected chi connectivity index (χ4v) is 3.97. The van der Waals surface area contributed by atoms with Gasteiger partial charge in [-0.15, -0.1) is 11.3 Å². The van der Waals surface area contributed by atoms with Crippen molar-refractivity contribution >= 4 is 22.8 Å². The standard InChI is InChI=1S/C19H21NO2S/c21-19(17(20-22)13-14-5-2-1-3-6-14)16-10-8-15(9-11-16)18-7-4-12-23-18/h4,7-12,14,22H,1-3,5-6,13H2. The fraction of sp³-hybridized carbons (Fsp3) is 0.368. The second-order valence-corrected chi connectivity index (χ2v) is 7.09. The molecular formula is C19H21NO2S. The molecule has 0 bridgehead atoms. The summed E-state index contributed by atoms with van der Waals surface area (Å²) < 4.78 is 0. The van der Waals surface area contributed by atoms with Gasteiger partial charge in [-0.25, -0.2) is 0 Å². The summed E-state index contributed by atoms with van der Waals surface area (Å²) in [5.41, 5.74) is 1.99. The molecule has 3 rings (SSSR count). The first kappa shape index (κ1) is 15.9. The Morgan fingerprint density at radius 3 is 2.48 bits per heavy atom. The molecule has 1 aliphatic rings. The van der Waals surface area contributed by atoms with Crippen molar-refractivity contribution in [1.29, 1.82) is 0 Å². The van der Waals surface area contributed by atoms with Gasteiger partial charge in [0.15, 0.2) is 0 Å². The third kappa shape index (κ3) is 3.88. The van der Waals surface area contributed by atoms with E-state index in [-0.39, 0.29) is 5.78 Å². The van der Waals surface area contributed by atoms with Crippen molar-refractivity contribution in [2.75, 3.05) is 0 Å². The van der Waals surface area contributed by atoms with Crippen LogP contribution in [0.2, 0.25) is 0 Å². The first-order valence-electron chi connectivity index (χ1n) is 8.17. The fourth-order valence-electron chi connectivity index (χ4n) is 3.24. The molecule has 0 spiro atoms. The topological polar surface area (TPSA) is 49.7 Å². The Labute approximate surface area is 140 Å². The summed E-state index contributed by atoms with van der Waals surface area (Å²) in [5.74, 6) is 0.319. The zero-order valence-electron chi connectivity index (χ0n) is 13.1. The summed E-state index contributed by atoms with van der Waals surface area (Å²) in [6, 6.07) is 11.6. The van der Waals surface area contributed by atoms with Crippen molar-refractivity contribution in [3.05, 3.63) is 47.3 Å². The number of benzene rings is 1. The van der Waals surface area contributed by atoms with E-state index >= 15 is 0 Å². The number of ketones is 1. The molecule has 1 fully saturated rings. The molecule has 0 atom stereocenters. The van der Waals surface area contributed by atoms with Gasteiger partial charge >= 0.3 is 0 Å². The van der Waals surface area contributed by atoms with E-state index < -0.39 is 0 Å². The zero-order valence-corrected chi connectivity index (χ0v) is 13.9. The lowest BCUT2D eigenvalue weighted by atomic mass is 9.84. The van der Waals surface area contributed by atoms with E-state index in [9.17, 15) is 10.0 Å². The Kier molecular flexibility index (Phi) is 5.23. The number of carbonyl (C=O) groups excluding carboxylic acids is 1. The smallest absolute Gasteiger partial charge is 0.210 e. The van der Waals surface area contributed by atoms with Crippen molar-refractivity contribution in [3.63, 3.8) is 0 Å². The first-order chi connectivity index (χ1) is 11.3. The van der Waals surface area contributed by atoms with Gasteiger partial charge in [-0.1, -0.05) is 67.6 Å². The van der Waals surface area contributed by atoms with Crippen LogP contribution in [0, 0.1) is 5.92 Å². The van der Waals surface area contributed by atoms with Crippen LogP contribution in [-0.4, -0.2) is 16.7 Å². The molecule has 120 valence electrons. The number of thiophene rings is 1. The van der Waals surface area contributed by atoms with Crippen LogP contribution in [0.3, 0.4) is 0 Å². The van der Waals surface area contributed by atoms with E-state index in [2.05, 4.69) is 11.2 Å². The average Bonchev–Trinajstić information content (AvgIpc) is 3.15. The molecule has 0 unspecified atom stereocenters. The molecule has 1 N–H and O–H groups in total. The maximum absolute atomic E-state index is 12.6. The number of hydrogen-bond acceptors (Lipinski definition) is 4. The quantitative estimate of drug-likeness (QED) is 0.346. The van der Waals surface area contributed by atoms with Crippen molar-refractivity contribution in [2.24, 2.45) is 11.1 Å². The monoisotopic (exact) mass is 327 g/mol. The van der Waals surface area contributed by atoms with Gasteiger partial charge in [-0.3, -0.25) is 4.79 Å². The third-order valence-corrected chi connectivity index (χ3v) is 5.46. The second kappa shape index (κ2) is 7.55. The molecule has 0 saturated heterocycles. The van der Waals surface area contributed by atoms with Crippen LogP contribution < -0.4 is 0 Å². The van der Waals surface area contributed by atoms with E-state index in [1.807, 2.05) is 35.7 Å². The van der Waals surface area contributed by atoms with Gasteiger partial charge in [0, 0.05) is 10.4 Å². The van der Waals surface area contributed by atoms with Gasteiger partial charge in [0.2, 0.25) is 5.78 Å². The molecule has 1 aromatic heterocycles. The van der Waals surface area contributed by atoms with E-state index in [0.717, 1.165) is 18.4 Å². The summed E-state index contributed by atoms with van der Waals surface area (Å²) in [4.78, 5) is 13.7. The molecule has 1 heterocycles. The Morgan fingerprint density at radius 2 is 1.87 bits per heavy atom. The van der Waals surface area contributed by atoms with Crippen LogP contribution in [0.15, 0.2) is 46.9 Å². The molecule has 0 amide bonds. The molecule has 23 heavy (non-hydrogen) atoms. The van der Waals surface area contributed by atoms with Crippen molar-refractivity contribution < 1.29 is 10.0 Å². The maximum Gasteiger partial charge on any atom is 0.210 e. The highest BCUT2D eigenvalue weighted by molar-refractivity contribution is 7.13. The van der Waals surface area contributed by atoms with Crippen LogP contribution in [0.1, 0.15) is 48.9 Å². The first-order valence-corrected chi connectivity index (χ1v) is 9.05. The van der Waals surface area contributed by atoms with E-state index in [4.69, 9.17) is 0 Å². The van der Waals surface area contributed by atoms with Crippen LogP contribution in [0.5, 0.6) is 0 Å². The summed E-state index contributed by atoms with van der Waals surface area (Å²) in [6.45, 7) is 0. The Bertz CT molecular complexity index is 668. The van der Waals surface area contributed by atoms with Crippen LogP contribution >= 0.6 is 11.3 Å². The number of oxime groups is 1. The molecule has 1 aliphatic carbocycles. The number of nitrogens with zero attached hydrogens (tertiary/aromatic N) is 1. The van der Waals surface area contributed by atoms with Crippen molar-refractivity contribution in [1.82, 2.24) is 0 Å². The predicted molar refractivity (Wildman–Crippen MR) is 94.5 cm³/mol. The molecule has 0 radical (unpaired) electrons. The number of Topliss-reactive ketones (excluding diaryl/α,β-unsaturated/α-hetero) is 1. The number of rotatable bonds is 5. The minimum atomic E-state index is -0.157. The Morgan fingerprint density at radius 1 is 1.13 bits per heavy atom. The van der Waals surface area contributed by atoms with Crippen molar-refractivity contribution in [3.8, 4) is 10.4 Å². The number of carbonyl (C=O) groups is 1. The Balaban J connectivity index is 1.70. The summed E-state index contributed by atoms with van der Waals surface area (Å²) in [5, 5.41) is 14.6. The molecular weight excluding hydrogens is 306 g/mol. The SMILES string of the molecule is O=C(C(CC1CCCCC1)=NO)c1ccc(-c2cccs2)cc1. The van der Waals surface area contributed by atoms with Crippen LogP contribution in [0.25, 0.3) is 10.4 Å². The Hall–Kier alpha value is -1.94. The van der Waals surface area contributed by atoms with Gasteiger partial charge in [-0.05, 0) is 29.3 Å². The lowest BCUT2D eigenvalue weighted by Gasteiger charge is -2.21. The summed E-state index contributed by atoms with van der Waals surface area (Å²) in [7, 11) is 0. The molecule has 4 heteroatoms. The molecule has 1 saturated carbocycles. The highest BCUT2D eigenvalue weighted by Gasteiger charge is 2.21. The normalized spacial score (nSPS) is 16.4. The van der Waals surface area contributed by atoms with Crippen molar-refractivity contribution in [2.45, 2.75) is 38.5 Å². The van der Waals surface area contributed by atoms with Gasteiger partial charge in [0.1, 0.15) is 5.71 Å². The minimum Gasteiger partial charge on any atom is -0.411 e. The van der Waals surface area contributed by atoms with Crippen LogP contribution in [-0.2, 0) is 0 Å². The summed E-state index contributed by atoms with van der Waals surface area (Å²) >= 11 is 1.68. The van der Waals surface area contributed by atoms with Gasteiger partial charge in [0.05, 0.1) is 0 Å². The van der Waals surface area contributed by atoms with Crippen LogP contribution in [0.4, 0.5) is 0 Å². The molecule has 3 nitrogen and oxygen atoms in total. The zero-order chi connectivity index (χ0) is 16.1. The number of hydrogen-bond donors (Lipinski definition) is 1. The largest absolute Gasteiger partial charge is 0.411 e. The highest BCUT2D eigenvalue weighted by Crippen LogP contribution is 2.28. The van der Waals surface area contributed by atoms with Gasteiger partial charge < -0.3 is 5.21 Å². The highest BCUT2D eigenvalue weighted by atomic mass is 32.1. The lowest BCUT2D eigenvalue weighted by Crippen LogP contribution is -2.20. The van der Waals surface area contributed by atoms with Gasteiger partial charge in [-0.2, -0.15) is 0 Å². The molecule has 2 aromatic rings.